The second-order valence-corrected chi connectivity index (χ2v) is 12.5. The number of nitrogens with one attached hydrogen (secondary N) is 2. The highest BCUT2D eigenvalue weighted by molar-refractivity contribution is 6.07. The molecule has 0 aliphatic rings. The van der Waals surface area contributed by atoms with Gasteiger partial charge >= 0.3 is 0 Å². The lowest BCUT2D eigenvalue weighted by atomic mass is 10.0. The quantitative estimate of drug-likeness (QED) is 0.0963. The van der Waals surface area contributed by atoms with Crippen molar-refractivity contribution in [1.82, 2.24) is 29.9 Å². The van der Waals surface area contributed by atoms with Gasteiger partial charge in [0.15, 0.2) is 0 Å². The Morgan fingerprint density at radius 2 is 1.30 bits per heavy atom. The second kappa shape index (κ2) is 16.4. The number of pyridine rings is 3. The maximum Gasteiger partial charge on any atom is 0.275 e. The number of nitrogens with two attached hydrogens (primary N) is 2. The third-order valence-electron chi connectivity index (χ3n) is 8.13. The van der Waals surface area contributed by atoms with Crippen molar-refractivity contribution in [1.29, 1.82) is 0 Å². The normalized spacial score (nSPS) is 11.4. The minimum Gasteiger partial charge on any atom is -0.491 e. The number of anilines is 2. The van der Waals surface area contributed by atoms with Crippen molar-refractivity contribution in [2.24, 2.45) is 11.5 Å². The van der Waals surface area contributed by atoms with Gasteiger partial charge in [-0.3, -0.25) is 9.59 Å². The van der Waals surface area contributed by atoms with Crippen LogP contribution in [0.25, 0.3) is 21.8 Å². The van der Waals surface area contributed by atoms with Gasteiger partial charge in [-0.25, -0.2) is 19.6 Å². The Hall–Kier alpha value is -6.23. The number of rotatable bonds is 16. The summed E-state index contributed by atoms with van der Waals surface area (Å²) in [7, 11) is 0. The molecule has 274 valence electrons. The fraction of sp³-hybridized carbons (Fsp3) is 0.270. The first kappa shape index (κ1) is 36.6. The molecule has 0 saturated heterocycles. The lowest BCUT2D eigenvalue weighted by molar-refractivity contribution is 0.101. The Kier molecular flexibility index (Phi) is 11.3. The van der Waals surface area contributed by atoms with E-state index in [0.29, 0.717) is 47.7 Å². The Balaban J connectivity index is 1.31. The number of amides is 2. The fourth-order valence-corrected chi connectivity index (χ4v) is 5.38. The summed E-state index contributed by atoms with van der Waals surface area (Å²) in [5.41, 5.74) is 12.3. The molecule has 0 spiro atoms. The van der Waals surface area contributed by atoms with Gasteiger partial charge in [-0.1, -0.05) is 29.5 Å². The lowest BCUT2D eigenvalue weighted by Crippen LogP contribution is -2.28. The molecule has 0 saturated carbocycles. The molecule has 0 atom stereocenters. The van der Waals surface area contributed by atoms with Gasteiger partial charge in [0, 0.05) is 54.7 Å². The summed E-state index contributed by atoms with van der Waals surface area (Å²) < 4.78 is 19.4. The summed E-state index contributed by atoms with van der Waals surface area (Å²) in [5, 5.41) is 24.9. The van der Waals surface area contributed by atoms with Gasteiger partial charge < -0.3 is 41.4 Å². The first-order chi connectivity index (χ1) is 25.7. The van der Waals surface area contributed by atoms with Gasteiger partial charge in [0.05, 0.1) is 22.8 Å². The number of nitrogens with zero attached hydrogens (tertiary/aromatic N) is 6. The summed E-state index contributed by atoms with van der Waals surface area (Å²) >= 11 is 0. The number of ether oxygens (including phenoxy) is 3. The summed E-state index contributed by atoms with van der Waals surface area (Å²) in [4.78, 5) is 41.0. The van der Waals surface area contributed by atoms with Crippen LogP contribution in [0.4, 0.5) is 11.6 Å². The van der Waals surface area contributed by atoms with Crippen LogP contribution in [0.2, 0.25) is 0 Å². The van der Waals surface area contributed by atoms with Crippen molar-refractivity contribution in [3.63, 3.8) is 0 Å². The van der Waals surface area contributed by atoms with Crippen molar-refractivity contribution in [3.05, 3.63) is 96.1 Å². The molecule has 4 heterocycles. The number of hydrogen-bond acceptors (Lipinski definition) is 13. The Morgan fingerprint density at radius 3 is 1.81 bits per heavy atom. The molecule has 6 aromatic rings. The highest BCUT2D eigenvalue weighted by atomic mass is 16.5. The van der Waals surface area contributed by atoms with E-state index in [-0.39, 0.29) is 55.2 Å². The summed E-state index contributed by atoms with van der Waals surface area (Å²) in [6.45, 7) is 4.93. The van der Waals surface area contributed by atoms with Gasteiger partial charge in [0.1, 0.15) is 65.8 Å². The van der Waals surface area contributed by atoms with Crippen molar-refractivity contribution >= 4 is 45.3 Å². The first-order valence-corrected chi connectivity index (χ1v) is 16.9. The molecule has 6 rings (SSSR count). The second-order valence-electron chi connectivity index (χ2n) is 12.5. The van der Waals surface area contributed by atoms with E-state index in [0.717, 1.165) is 10.8 Å². The summed E-state index contributed by atoms with van der Waals surface area (Å²) in [6, 6.07) is 20.7. The SMILES string of the molecule is CC(C)(CCO)n1cc(COc2cc(C(=O)Nc3cc(OCCN)c4ccccc4n3)nc(C(=O)Nc3cc(OCCN)c4ccccc4n3)c2)nn1. The van der Waals surface area contributed by atoms with Crippen molar-refractivity contribution in [2.75, 3.05) is 43.5 Å². The van der Waals surface area contributed by atoms with Gasteiger partial charge in [-0.05, 0) is 44.5 Å². The molecular weight excluding hydrogens is 680 g/mol. The number of aromatic nitrogens is 6. The standard InChI is InChI=1S/C37H40N10O6/c1-37(2,11-14-48)47-21-23(45-46-47)22-53-24-17-29(35(49)43-33-19-31(51-15-12-38)25-7-3-5-9-27(25)41-33)40-30(18-24)36(50)44-34-20-32(52-16-13-39)26-8-4-6-10-28(26)42-34/h3-10,17-21,48H,11-16,22,38-39H2,1-2H3,(H,41,43,49)(H,42,44,50). The van der Waals surface area contributed by atoms with E-state index < -0.39 is 17.4 Å². The maximum absolute atomic E-state index is 13.8. The van der Waals surface area contributed by atoms with E-state index >= 15 is 0 Å². The van der Waals surface area contributed by atoms with E-state index in [4.69, 9.17) is 25.7 Å². The van der Waals surface area contributed by atoms with Crippen LogP contribution in [0.1, 0.15) is 46.9 Å². The average Bonchev–Trinajstić information content (AvgIpc) is 3.65. The number of carbonyl (C=O) groups is 2. The molecule has 16 nitrogen and oxygen atoms in total. The summed E-state index contributed by atoms with van der Waals surface area (Å²) in [6.07, 6.45) is 2.18. The molecule has 0 fully saturated rings. The van der Waals surface area contributed by atoms with E-state index in [1.54, 1.807) is 35.1 Å². The van der Waals surface area contributed by atoms with Crippen molar-refractivity contribution < 1.29 is 28.9 Å². The minimum atomic E-state index is -0.657. The van der Waals surface area contributed by atoms with Crippen molar-refractivity contribution in [3.8, 4) is 17.2 Å². The van der Waals surface area contributed by atoms with Crippen LogP contribution in [0.3, 0.4) is 0 Å². The summed E-state index contributed by atoms with van der Waals surface area (Å²) in [5.74, 6) is 0.241. The van der Waals surface area contributed by atoms with Gasteiger partial charge in [-0.2, -0.15) is 0 Å². The van der Waals surface area contributed by atoms with Crippen LogP contribution in [-0.4, -0.2) is 79.8 Å². The molecule has 16 heteroatoms. The topological polar surface area (TPSA) is 228 Å². The molecule has 4 aromatic heterocycles. The smallest absolute Gasteiger partial charge is 0.275 e. The number of carbonyl (C=O) groups excluding carboxylic acids is 2. The van der Waals surface area contributed by atoms with Gasteiger partial charge in [0.25, 0.3) is 11.8 Å². The molecule has 0 aliphatic heterocycles. The third kappa shape index (κ3) is 8.81. The largest absolute Gasteiger partial charge is 0.491 e. The lowest BCUT2D eigenvalue weighted by Gasteiger charge is -2.23. The molecule has 2 amide bonds. The molecule has 0 bridgehead atoms. The number of para-hydroxylation sites is 2. The van der Waals surface area contributed by atoms with Crippen LogP contribution in [0.15, 0.2) is 79.0 Å². The molecule has 0 radical (unpaired) electrons. The molecule has 2 aromatic carbocycles. The maximum atomic E-state index is 13.8. The monoisotopic (exact) mass is 720 g/mol. The number of aliphatic hydroxyl groups excluding tert-OH is 1. The van der Waals surface area contributed by atoms with E-state index in [2.05, 4.69) is 35.9 Å². The van der Waals surface area contributed by atoms with Gasteiger partial charge in [-0.15, -0.1) is 5.10 Å². The average molecular weight is 721 g/mol. The van der Waals surface area contributed by atoms with Crippen LogP contribution in [0, 0.1) is 0 Å². The zero-order chi connectivity index (χ0) is 37.4. The zero-order valence-corrected chi connectivity index (χ0v) is 29.3. The van der Waals surface area contributed by atoms with Crippen molar-refractivity contribution in [2.45, 2.75) is 32.4 Å². The molecular formula is C37H40N10O6. The predicted molar refractivity (Wildman–Crippen MR) is 198 cm³/mol. The minimum absolute atomic E-state index is 0.0150. The van der Waals surface area contributed by atoms with Crippen LogP contribution >= 0.6 is 0 Å². The predicted octanol–water partition coefficient (Wildman–Crippen LogP) is 3.65. The van der Waals surface area contributed by atoms with Crippen LogP contribution in [-0.2, 0) is 12.1 Å². The Morgan fingerprint density at radius 1 is 0.774 bits per heavy atom. The third-order valence-corrected chi connectivity index (χ3v) is 8.13. The molecule has 7 N–H and O–H groups in total. The Labute approximate surface area is 304 Å². The zero-order valence-electron chi connectivity index (χ0n) is 29.3. The molecule has 53 heavy (non-hydrogen) atoms. The first-order valence-electron chi connectivity index (χ1n) is 16.9. The van der Waals surface area contributed by atoms with Gasteiger partial charge in [0.2, 0.25) is 0 Å². The van der Waals surface area contributed by atoms with E-state index in [1.807, 2.05) is 50.2 Å². The highest BCUT2D eigenvalue weighted by Crippen LogP contribution is 2.30. The highest BCUT2D eigenvalue weighted by Gasteiger charge is 2.22. The Bertz CT molecular complexity index is 2120. The van der Waals surface area contributed by atoms with Crippen LogP contribution in [0.5, 0.6) is 17.2 Å². The van der Waals surface area contributed by atoms with Crippen LogP contribution < -0.4 is 36.3 Å². The van der Waals surface area contributed by atoms with E-state index in [1.165, 1.54) is 12.1 Å². The number of hydrogen-bond donors (Lipinski definition) is 5. The fourth-order valence-electron chi connectivity index (χ4n) is 5.38. The number of benzene rings is 2. The number of aliphatic hydroxyl groups is 1. The molecule has 0 unspecified atom stereocenters. The molecule has 0 aliphatic carbocycles. The number of fused-ring (bicyclic) bond motifs is 2. The van der Waals surface area contributed by atoms with E-state index in [9.17, 15) is 14.7 Å².